The van der Waals surface area contributed by atoms with Crippen molar-refractivity contribution in [1.29, 1.82) is 0 Å². The second-order valence-corrected chi connectivity index (χ2v) is 0.542. The summed E-state index contributed by atoms with van der Waals surface area (Å²) < 4.78 is 0. The average molecular weight is 135 g/mol. The number of carboxylic acids is 1. The molecule has 0 aliphatic rings. The number of hydrogen-bond acceptors (Lipinski definition) is 1. The van der Waals surface area contributed by atoms with Gasteiger partial charge in [-0.05, 0) is 0 Å². The molecule has 3 radical (unpaired) electrons. The van der Waals surface area contributed by atoms with E-state index in [4.69, 9.17) is 5.11 Å². The van der Waals surface area contributed by atoms with Crippen LogP contribution in [-0.2, 0) is 4.79 Å². The lowest BCUT2D eigenvalue weighted by atomic mass is 10.7. The van der Waals surface area contributed by atoms with Crippen molar-refractivity contribution in [3.63, 3.8) is 0 Å². The van der Waals surface area contributed by atoms with E-state index < -0.39 is 5.97 Å². The largest absolute Gasteiger partial charge is 0.478 e. The Balaban J connectivity index is -0.0000000267. The maximum absolute atomic E-state index is 9.25. The van der Waals surface area contributed by atoms with Gasteiger partial charge in [-0.1, -0.05) is 6.58 Å². The predicted molar refractivity (Wildman–Crippen MR) is 30.8 cm³/mol. The second kappa shape index (κ2) is 15.9. The predicted octanol–water partition coefficient (Wildman–Crippen LogP) is -1.77. The van der Waals surface area contributed by atoms with Crippen LogP contribution in [-0.4, -0.2) is 39.4 Å². The number of carboxylic acid groups (broad SMARTS) is 1. The minimum Gasteiger partial charge on any atom is -0.478 e. The molecule has 0 aromatic carbocycles. The van der Waals surface area contributed by atoms with Gasteiger partial charge in [0.2, 0.25) is 0 Å². The molecule has 0 aromatic heterocycles. The van der Waals surface area contributed by atoms with Gasteiger partial charge in [0, 0.05) is 23.4 Å². The van der Waals surface area contributed by atoms with E-state index in [9.17, 15) is 4.79 Å². The highest BCUT2D eigenvalue weighted by Crippen LogP contribution is 1.54. The van der Waals surface area contributed by atoms with E-state index in [2.05, 4.69) is 6.58 Å². The fourth-order valence-electron chi connectivity index (χ4n) is 0. The molecule has 0 fully saturated rings. The van der Waals surface area contributed by atoms with Crippen molar-refractivity contribution in [1.82, 2.24) is 0 Å². The highest BCUT2D eigenvalue weighted by atomic mass is 27.0. The molecule has 4 nitrogen and oxygen atoms in total. The minimum absolute atomic E-state index is 0. The third-order valence-electron chi connectivity index (χ3n) is 0.175. The zero-order chi connectivity index (χ0) is 4.28. The summed E-state index contributed by atoms with van der Waals surface area (Å²) in [6.45, 7) is 2.96. The van der Waals surface area contributed by atoms with Crippen LogP contribution in [0.4, 0.5) is 0 Å². The molecule has 0 aromatic rings. The van der Waals surface area contributed by atoms with Gasteiger partial charge in [-0.3, -0.25) is 0 Å². The van der Waals surface area contributed by atoms with E-state index in [1.165, 1.54) is 0 Å². The van der Waals surface area contributed by atoms with Gasteiger partial charge in [-0.15, -0.1) is 0 Å². The topological polar surface area (TPSA) is 100 Å². The van der Waals surface area contributed by atoms with Crippen LogP contribution in [0.25, 0.3) is 0 Å². The molecule has 8 heavy (non-hydrogen) atoms. The Morgan fingerprint density at radius 2 is 1.62 bits per heavy atom. The molecule has 0 spiro atoms. The summed E-state index contributed by atoms with van der Waals surface area (Å²) in [5.41, 5.74) is 0. The Morgan fingerprint density at radius 1 is 1.50 bits per heavy atom. The summed E-state index contributed by atoms with van der Waals surface area (Å²) in [7, 11) is 0. The lowest BCUT2D eigenvalue weighted by Crippen LogP contribution is -1.82. The number of carbonyl (C=O) groups is 1. The first-order valence-corrected chi connectivity index (χ1v) is 1.12. The normalized spacial score (nSPS) is 4.00. The van der Waals surface area contributed by atoms with Crippen LogP contribution in [0.3, 0.4) is 0 Å². The van der Waals surface area contributed by atoms with Gasteiger partial charge < -0.3 is 16.1 Å². The van der Waals surface area contributed by atoms with Crippen LogP contribution >= 0.6 is 0 Å². The van der Waals surface area contributed by atoms with Crippen molar-refractivity contribution in [3.05, 3.63) is 12.7 Å². The Labute approximate surface area is 57.6 Å². The van der Waals surface area contributed by atoms with Gasteiger partial charge in [0.05, 0.1) is 0 Å². The summed E-state index contributed by atoms with van der Waals surface area (Å²) in [6.07, 6.45) is 0.833. The average Bonchev–Trinajstić information content (AvgIpc) is 1.38. The Bertz CT molecular complexity index is 62.3. The molecule has 0 atom stereocenters. The van der Waals surface area contributed by atoms with Gasteiger partial charge >= 0.3 is 5.97 Å². The fraction of sp³-hybridized carbons (Fsp3) is 0. The maximum atomic E-state index is 9.25. The van der Waals surface area contributed by atoms with Crippen molar-refractivity contribution >= 4 is 23.3 Å². The van der Waals surface area contributed by atoms with E-state index in [0.717, 1.165) is 6.08 Å². The Morgan fingerprint density at radius 3 is 1.62 bits per heavy atom. The van der Waals surface area contributed by atoms with Crippen molar-refractivity contribution in [2.75, 3.05) is 0 Å². The van der Waals surface area contributed by atoms with E-state index in [1.54, 1.807) is 0 Å². The molecular formula is C3H8AlO4. The molecule has 47 valence electrons. The van der Waals surface area contributed by atoms with E-state index in [-0.39, 0.29) is 28.3 Å². The number of hydrogen-bond donors (Lipinski definition) is 1. The van der Waals surface area contributed by atoms with Crippen molar-refractivity contribution < 1.29 is 20.9 Å². The SMILES string of the molecule is C=CC(=O)O.O.O.[Al]. The Kier molecular flexibility index (Phi) is 50.5. The molecule has 0 saturated carbocycles. The monoisotopic (exact) mass is 135 g/mol. The summed E-state index contributed by atoms with van der Waals surface area (Å²) in [5, 5.41) is 7.60. The van der Waals surface area contributed by atoms with E-state index in [0.29, 0.717) is 0 Å². The molecule has 5 N–H and O–H groups in total. The quantitative estimate of drug-likeness (QED) is 0.339. The first-order valence-electron chi connectivity index (χ1n) is 1.12. The van der Waals surface area contributed by atoms with E-state index in [1.807, 2.05) is 0 Å². The van der Waals surface area contributed by atoms with Crippen LogP contribution in [0, 0.1) is 0 Å². The van der Waals surface area contributed by atoms with Crippen LogP contribution in [0.1, 0.15) is 0 Å². The van der Waals surface area contributed by atoms with Crippen molar-refractivity contribution in [2.24, 2.45) is 0 Å². The van der Waals surface area contributed by atoms with Crippen LogP contribution in [0.15, 0.2) is 12.7 Å². The molecule has 0 unspecified atom stereocenters. The smallest absolute Gasteiger partial charge is 0.327 e. The van der Waals surface area contributed by atoms with Crippen LogP contribution in [0.5, 0.6) is 0 Å². The lowest BCUT2D eigenvalue weighted by molar-refractivity contribution is -0.131. The Hall–Kier alpha value is -0.338. The van der Waals surface area contributed by atoms with Gasteiger partial charge in [-0.2, -0.15) is 0 Å². The molecule has 0 saturated heterocycles. The summed E-state index contributed by atoms with van der Waals surface area (Å²) in [5.74, 6) is -0.981. The number of aliphatic carboxylic acids is 1. The lowest BCUT2D eigenvalue weighted by Gasteiger charge is -1.64. The maximum Gasteiger partial charge on any atom is 0.327 e. The van der Waals surface area contributed by atoms with Crippen molar-refractivity contribution in [3.8, 4) is 0 Å². The number of rotatable bonds is 1. The highest BCUT2D eigenvalue weighted by Gasteiger charge is 1.73. The molecule has 0 aliphatic heterocycles. The third-order valence-corrected chi connectivity index (χ3v) is 0.175. The molecule has 0 aliphatic carbocycles. The fourth-order valence-corrected chi connectivity index (χ4v) is 0. The second-order valence-electron chi connectivity index (χ2n) is 0.542. The summed E-state index contributed by atoms with van der Waals surface area (Å²) >= 11 is 0. The van der Waals surface area contributed by atoms with Crippen LogP contribution in [0.2, 0.25) is 0 Å². The first-order chi connectivity index (χ1) is 2.27. The van der Waals surface area contributed by atoms with Gasteiger partial charge in [0.25, 0.3) is 0 Å². The molecule has 0 heterocycles. The van der Waals surface area contributed by atoms with Gasteiger partial charge in [0.1, 0.15) is 0 Å². The minimum atomic E-state index is -0.981. The summed E-state index contributed by atoms with van der Waals surface area (Å²) in [6, 6.07) is 0. The first kappa shape index (κ1) is 25.4. The highest BCUT2D eigenvalue weighted by molar-refractivity contribution is 5.78. The third kappa shape index (κ3) is 44.5. The standard InChI is InChI=1S/C3H4O2.Al.2H2O/c1-2-3(4)5;;;/h2H,1H2,(H,4,5);;2*1H2. The molecule has 0 rings (SSSR count). The zero-order valence-corrected chi connectivity index (χ0v) is 5.37. The molecule has 5 heteroatoms. The van der Waals surface area contributed by atoms with Gasteiger partial charge in [0.15, 0.2) is 0 Å². The molecule has 0 bridgehead atoms. The zero-order valence-electron chi connectivity index (χ0n) is 4.22. The van der Waals surface area contributed by atoms with E-state index >= 15 is 0 Å². The van der Waals surface area contributed by atoms with Gasteiger partial charge in [-0.25, -0.2) is 4.79 Å². The summed E-state index contributed by atoms with van der Waals surface area (Å²) in [4.78, 5) is 9.25. The van der Waals surface area contributed by atoms with Crippen molar-refractivity contribution in [2.45, 2.75) is 0 Å². The molecule has 0 amide bonds. The van der Waals surface area contributed by atoms with Crippen LogP contribution < -0.4 is 0 Å². The molecular weight excluding hydrogens is 127 g/mol.